The molecule has 0 bridgehead atoms. The number of aryl methyl sites for hydroxylation is 1. The van der Waals surface area contributed by atoms with Gasteiger partial charge in [0.1, 0.15) is 11.5 Å². The lowest BCUT2D eigenvalue weighted by atomic mass is 9.93. The number of ketones is 1. The van der Waals surface area contributed by atoms with Crippen LogP contribution in [0.15, 0.2) is 48.2 Å². The van der Waals surface area contributed by atoms with E-state index in [1.54, 1.807) is 12.3 Å². The van der Waals surface area contributed by atoms with Crippen molar-refractivity contribution < 1.29 is 28.2 Å². The van der Waals surface area contributed by atoms with E-state index in [0.29, 0.717) is 25.0 Å². The Morgan fingerprint density at radius 3 is 2.55 bits per heavy atom. The molecule has 40 heavy (non-hydrogen) atoms. The summed E-state index contributed by atoms with van der Waals surface area (Å²) in [5.74, 6) is -1.99. The fourth-order valence-corrected chi connectivity index (χ4v) is 5.60. The maximum absolute atomic E-state index is 15.8. The maximum atomic E-state index is 15.8. The molecule has 2 aliphatic rings. The monoisotopic (exact) mass is 571 g/mol. The third kappa shape index (κ3) is 5.58. The van der Waals surface area contributed by atoms with Crippen LogP contribution < -0.4 is 10.6 Å². The lowest BCUT2D eigenvalue weighted by molar-refractivity contribution is -0.117. The van der Waals surface area contributed by atoms with Gasteiger partial charge in [-0.25, -0.2) is 13.6 Å². The number of ether oxygens (including phenoxy) is 1. The van der Waals surface area contributed by atoms with E-state index in [9.17, 15) is 19.1 Å². The minimum atomic E-state index is -1.60. The van der Waals surface area contributed by atoms with Crippen molar-refractivity contribution in [2.45, 2.75) is 44.8 Å². The Hall–Kier alpha value is -3.43. The zero-order valence-electron chi connectivity index (χ0n) is 22.3. The van der Waals surface area contributed by atoms with E-state index in [2.05, 4.69) is 4.90 Å². The summed E-state index contributed by atoms with van der Waals surface area (Å²) in [4.78, 5) is 26.7. The number of fused-ring (bicyclic) bond motifs is 1. The van der Waals surface area contributed by atoms with Gasteiger partial charge >= 0.3 is 5.97 Å². The fraction of sp³-hybridized carbons (Fsp3) is 0.400. The van der Waals surface area contributed by atoms with E-state index in [1.807, 2.05) is 23.6 Å². The van der Waals surface area contributed by atoms with Crippen LogP contribution in [-0.4, -0.2) is 53.4 Å². The molecule has 0 atom stereocenters. The second kappa shape index (κ2) is 11.2. The van der Waals surface area contributed by atoms with Gasteiger partial charge in [-0.05, 0) is 50.1 Å². The Kier molecular flexibility index (Phi) is 7.88. The van der Waals surface area contributed by atoms with Crippen LogP contribution in [0.3, 0.4) is 0 Å². The molecule has 3 N–H and O–H groups in total. The second-order valence-corrected chi connectivity index (χ2v) is 11.0. The average Bonchev–Trinajstić information content (AvgIpc) is 3.71. The minimum Gasteiger partial charge on any atom is -0.478 e. The van der Waals surface area contributed by atoms with Gasteiger partial charge in [0, 0.05) is 61.2 Å². The standard InChI is InChI=1S/C30H32ClF2N3O4/c1-2-35-15-21(29(38)39)20-9-8-19(14-25(20)35)36-12-10-30(33,11-13-36)17-40-16-22(28(37)18-6-7-18)27(34)26-23(31)4-3-5-24(26)32/h3-5,8-9,14-15,18H,2,6-7,10-13,16-17,34H2,1H3,(H,38,39). The quantitative estimate of drug-likeness (QED) is 0.297. The van der Waals surface area contributed by atoms with Crippen molar-refractivity contribution in [2.24, 2.45) is 11.7 Å². The average molecular weight is 572 g/mol. The summed E-state index contributed by atoms with van der Waals surface area (Å²) in [6.07, 6.45) is 3.53. The first-order valence-corrected chi connectivity index (χ1v) is 13.8. The number of carbonyl (C=O) groups is 2. The van der Waals surface area contributed by atoms with Crippen LogP contribution in [0.25, 0.3) is 16.6 Å². The molecule has 2 heterocycles. The van der Waals surface area contributed by atoms with Crippen LogP contribution in [0.4, 0.5) is 14.5 Å². The Morgan fingerprint density at radius 2 is 1.93 bits per heavy atom. The molecule has 10 heteroatoms. The summed E-state index contributed by atoms with van der Waals surface area (Å²) in [6, 6.07) is 9.80. The SMILES string of the molecule is CCn1cc(C(=O)O)c2ccc(N3CCC(F)(COCC(C(=O)C4CC4)=C(N)c4c(F)cccc4Cl)CC3)cc21. The zero-order chi connectivity index (χ0) is 28.6. The van der Waals surface area contributed by atoms with E-state index in [4.69, 9.17) is 22.1 Å². The molecule has 1 aromatic heterocycles. The third-order valence-electron chi connectivity index (χ3n) is 7.87. The molecule has 0 radical (unpaired) electrons. The number of hydrogen-bond donors (Lipinski definition) is 2. The molecular formula is C30H32ClF2N3O4. The molecule has 212 valence electrons. The van der Waals surface area contributed by atoms with Gasteiger partial charge in [-0.1, -0.05) is 17.7 Å². The lowest BCUT2D eigenvalue weighted by Crippen LogP contribution is -2.44. The van der Waals surface area contributed by atoms with Crippen molar-refractivity contribution >= 4 is 45.6 Å². The van der Waals surface area contributed by atoms with E-state index >= 15 is 4.39 Å². The lowest BCUT2D eigenvalue weighted by Gasteiger charge is -2.37. The van der Waals surface area contributed by atoms with E-state index in [1.165, 1.54) is 18.2 Å². The number of Topliss-reactive ketones (excluding diaryl/α,β-unsaturated/α-hetero) is 1. The predicted molar refractivity (Wildman–Crippen MR) is 151 cm³/mol. The summed E-state index contributed by atoms with van der Waals surface area (Å²) in [5, 5.41) is 10.3. The zero-order valence-corrected chi connectivity index (χ0v) is 23.0. The number of aromatic carboxylic acids is 1. The molecule has 3 aromatic rings. The third-order valence-corrected chi connectivity index (χ3v) is 8.19. The summed E-state index contributed by atoms with van der Waals surface area (Å²) in [7, 11) is 0. The smallest absolute Gasteiger partial charge is 0.337 e. The molecule has 7 nitrogen and oxygen atoms in total. The highest BCUT2D eigenvalue weighted by atomic mass is 35.5. The normalized spacial score (nSPS) is 17.6. The van der Waals surface area contributed by atoms with Crippen molar-refractivity contribution in [2.75, 3.05) is 31.2 Å². The van der Waals surface area contributed by atoms with Crippen molar-refractivity contribution in [3.63, 3.8) is 0 Å². The number of rotatable bonds is 10. The van der Waals surface area contributed by atoms with Crippen LogP contribution in [0.1, 0.15) is 48.5 Å². The largest absolute Gasteiger partial charge is 0.478 e. The number of carboxylic acids is 1. The highest BCUT2D eigenvalue weighted by molar-refractivity contribution is 6.32. The van der Waals surface area contributed by atoms with E-state index < -0.39 is 17.5 Å². The van der Waals surface area contributed by atoms with Gasteiger partial charge in [-0.15, -0.1) is 0 Å². The van der Waals surface area contributed by atoms with Gasteiger partial charge in [0.05, 0.1) is 40.6 Å². The number of hydrogen-bond acceptors (Lipinski definition) is 5. The first-order valence-electron chi connectivity index (χ1n) is 13.5. The Labute approximate surface area is 236 Å². The molecule has 0 unspecified atom stereocenters. The predicted octanol–water partition coefficient (Wildman–Crippen LogP) is 5.83. The number of carboxylic acid groups (broad SMARTS) is 1. The molecule has 2 aromatic carbocycles. The molecule has 1 saturated carbocycles. The van der Waals surface area contributed by atoms with Crippen LogP contribution in [-0.2, 0) is 16.1 Å². The molecule has 1 aliphatic heterocycles. The van der Waals surface area contributed by atoms with Gasteiger partial charge in [0.25, 0.3) is 0 Å². The molecule has 5 rings (SSSR count). The number of alkyl halides is 1. The first-order chi connectivity index (χ1) is 19.1. The van der Waals surface area contributed by atoms with Gasteiger partial charge in [-0.2, -0.15) is 0 Å². The van der Waals surface area contributed by atoms with Crippen molar-refractivity contribution in [3.8, 4) is 0 Å². The van der Waals surface area contributed by atoms with Crippen molar-refractivity contribution in [3.05, 3.63) is 70.1 Å². The minimum absolute atomic E-state index is 0.0401. The van der Waals surface area contributed by atoms with Gasteiger partial charge in [0.15, 0.2) is 5.78 Å². The molecule has 1 aliphatic carbocycles. The van der Waals surface area contributed by atoms with Crippen molar-refractivity contribution in [1.29, 1.82) is 0 Å². The molecule has 2 fully saturated rings. The maximum Gasteiger partial charge on any atom is 0.337 e. The van der Waals surface area contributed by atoms with Gasteiger partial charge in [-0.3, -0.25) is 4.79 Å². The Balaban J connectivity index is 1.26. The Morgan fingerprint density at radius 1 is 1.20 bits per heavy atom. The van der Waals surface area contributed by atoms with Gasteiger partial charge in [0.2, 0.25) is 0 Å². The number of nitrogens with two attached hydrogens (primary N) is 1. The van der Waals surface area contributed by atoms with Crippen LogP contribution in [0.5, 0.6) is 0 Å². The number of aromatic nitrogens is 1. The van der Waals surface area contributed by atoms with E-state index in [0.717, 1.165) is 24.0 Å². The molecule has 0 spiro atoms. The number of halogens is 3. The summed E-state index contributed by atoms with van der Waals surface area (Å²) in [6.45, 7) is 3.03. The number of carbonyl (C=O) groups excluding carboxylic acids is 1. The molecule has 0 amide bonds. The van der Waals surface area contributed by atoms with Gasteiger partial charge < -0.3 is 25.0 Å². The Bertz CT molecular complexity index is 1470. The second-order valence-electron chi connectivity index (χ2n) is 10.6. The van der Waals surface area contributed by atoms with Crippen LogP contribution in [0.2, 0.25) is 5.02 Å². The molecule has 1 saturated heterocycles. The number of anilines is 1. The first kappa shape index (κ1) is 28.1. The summed E-state index contributed by atoms with van der Waals surface area (Å²) < 4.78 is 37.9. The van der Waals surface area contributed by atoms with Crippen LogP contribution in [0, 0.1) is 11.7 Å². The fourth-order valence-electron chi connectivity index (χ4n) is 5.33. The van der Waals surface area contributed by atoms with E-state index in [-0.39, 0.29) is 65.2 Å². The highest BCUT2D eigenvalue weighted by Crippen LogP contribution is 2.36. The molecular weight excluding hydrogens is 540 g/mol. The van der Waals surface area contributed by atoms with Crippen LogP contribution >= 0.6 is 11.6 Å². The number of piperidine rings is 1. The number of nitrogens with zero attached hydrogens (tertiary/aromatic N) is 2. The number of benzene rings is 2. The van der Waals surface area contributed by atoms with Crippen molar-refractivity contribution in [1.82, 2.24) is 4.57 Å². The highest BCUT2D eigenvalue weighted by Gasteiger charge is 2.37. The topological polar surface area (TPSA) is 97.8 Å². The summed E-state index contributed by atoms with van der Waals surface area (Å²) in [5.41, 5.74) is 6.64. The summed E-state index contributed by atoms with van der Waals surface area (Å²) >= 11 is 6.18.